The molecule has 4 heteroatoms. The average molecular weight is 232 g/mol. The predicted octanol–water partition coefficient (Wildman–Crippen LogP) is 1.96. The van der Waals surface area contributed by atoms with Gasteiger partial charge in [-0.1, -0.05) is 19.8 Å². The van der Waals surface area contributed by atoms with Gasteiger partial charge in [0.25, 0.3) is 0 Å². The molecule has 0 saturated carbocycles. The van der Waals surface area contributed by atoms with Gasteiger partial charge in [-0.25, -0.2) is 0 Å². The number of hydrogen-bond acceptors (Lipinski definition) is 3. The van der Waals surface area contributed by atoms with E-state index in [9.17, 15) is 0 Å². The van der Waals surface area contributed by atoms with Crippen molar-refractivity contribution in [2.75, 3.05) is 26.9 Å². The summed E-state index contributed by atoms with van der Waals surface area (Å²) in [5, 5.41) is 0. The highest BCUT2D eigenvalue weighted by Gasteiger charge is 2.22. The van der Waals surface area contributed by atoms with E-state index < -0.39 is 9.04 Å². The number of ether oxygens (including phenoxy) is 2. The third-order valence-electron chi connectivity index (χ3n) is 2.73. The molecule has 1 rings (SSSR count). The third-order valence-corrected chi connectivity index (χ3v) is 5.50. The van der Waals surface area contributed by atoms with Crippen molar-refractivity contribution in [1.29, 1.82) is 0 Å². The molecule has 1 saturated heterocycles. The Morgan fingerprint density at radius 1 is 1.33 bits per heavy atom. The number of unbranched alkanes of at least 4 members (excludes halogenated alkanes) is 1. The molecule has 0 bridgehead atoms. The molecule has 1 fully saturated rings. The van der Waals surface area contributed by atoms with E-state index in [1.807, 2.05) is 7.11 Å². The Hall–Kier alpha value is 0.0969. The third kappa shape index (κ3) is 7.06. The van der Waals surface area contributed by atoms with Crippen LogP contribution in [0.2, 0.25) is 12.1 Å². The molecular weight excluding hydrogens is 208 g/mol. The average Bonchev–Trinajstić information content (AvgIpc) is 3.06. The van der Waals surface area contributed by atoms with E-state index in [2.05, 4.69) is 6.92 Å². The smallest absolute Gasteiger partial charge is 0.176 e. The van der Waals surface area contributed by atoms with Gasteiger partial charge >= 0.3 is 0 Å². The van der Waals surface area contributed by atoms with E-state index >= 15 is 0 Å². The molecule has 15 heavy (non-hydrogen) atoms. The van der Waals surface area contributed by atoms with E-state index in [1.165, 1.54) is 24.9 Å². The van der Waals surface area contributed by atoms with Gasteiger partial charge in [0.2, 0.25) is 0 Å². The number of hydrogen-bond donors (Lipinski definition) is 0. The number of epoxide rings is 1. The summed E-state index contributed by atoms with van der Waals surface area (Å²) < 4.78 is 16.1. The Labute approximate surface area is 94.8 Å². The van der Waals surface area contributed by atoms with Crippen LogP contribution < -0.4 is 0 Å². The Morgan fingerprint density at radius 3 is 2.67 bits per heavy atom. The minimum Gasteiger partial charge on any atom is -0.423 e. The van der Waals surface area contributed by atoms with E-state index in [0.29, 0.717) is 6.10 Å². The van der Waals surface area contributed by atoms with Crippen molar-refractivity contribution in [3.8, 4) is 0 Å². The maximum atomic E-state index is 5.55. The van der Waals surface area contributed by atoms with Crippen LogP contribution in [0.3, 0.4) is 0 Å². The Kier molecular flexibility index (Phi) is 7.26. The van der Waals surface area contributed by atoms with Crippen LogP contribution in [-0.4, -0.2) is 42.1 Å². The Balaban J connectivity index is 1.86. The standard InChI is InChI=1S/C11H24O3Si/c1-3-4-7-15(12-2)8-5-6-13-9-11-10-14-11/h11,15H,3-10H2,1-2H3. The second-order valence-electron chi connectivity index (χ2n) is 4.17. The summed E-state index contributed by atoms with van der Waals surface area (Å²) in [4.78, 5) is 0. The molecule has 1 aliphatic rings. The lowest BCUT2D eigenvalue weighted by molar-refractivity contribution is 0.116. The van der Waals surface area contributed by atoms with Gasteiger partial charge in [-0.2, -0.15) is 0 Å². The van der Waals surface area contributed by atoms with Crippen molar-refractivity contribution in [1.82, 2.24) is 0 Å². The van der Waals surface area contributed by atoms with Gasteiger partial charge in [0, 0.05) is 13.7 Å². The van der Waals surface area contributed by atoms with Crippen LogP contribution in [0.5, 0.6) is 0 Å². The van der Waals surface area contributed by atoms with Gasteiger partial charge in [-0.3, -0.25) is 0 Å². The first-order valence-electron chi connectivity index (χ1n) is 6.09. The van der Waals surface area contributed by atoms with Crippen molar-refractivity contribution in [3.05, 3.63) is 0 Å². The van der Waals surface area contributed by atoms with E-state index in [1.54, 1.807) is 0 Å². The molecule has 3 nitrogen and oxygen atoms in total. The maximum Gasteiger partial charge on any atom is 0.176 e. The normalized spacial score (nSPS) is 21.6. The summed E-state index contributed by atoms with van der Waals surface area (Å²) >= 11 is 0. The summed E-state index contributed by atoms with van der Waals surface area (Å²) in [7, 11) is 0.973. The molecule has 2 atom stereocenters. The van der Waals surface area contributed by atoms with E-state index in [-0.39, 0.29) is 0 Å². The zero-order valence-electron chi connectivity index (χ0n) is 10.0. The summed E-state index contributed by atoms with van der Waals surface area (Å²) in [5.41, 5.74) is 0. The van der Waals surface area contributed by atoms with Crippen molar-refractivity contribution in [2.24, 2.45) is 0 Å². The molecule has 0 N–H and O–H groups in total. The quantitative estimate of drug-likeness (QED) is 0.328. The second kappa shape index (κ2) is 8.27. The molecule has 2 unspecified atom stereocenters. The zero-order valence-corrected chi connectivity index (χ0v) is 11.2. The highest BCUT2D eigenvalue weighted by atomic mass is 28.3. The van der Waals surface area contributed by atoms with Gasteiger partial charge in [0.05, 0.1) is 13.2 Å². The molecule has 1 aliphatic heterocycles. The van der Waals surface area contributed by atoms with Crippen LogP contribution in [0.4, 0.5) is 0 Å². The highest BCUT2D eigenvalue weighted by molar-refractivity contribution is 6.51. The van der Waals surface area contributed by atoms with Crippen LogP contribution >= 0.6 is 0 Å². The zero-order chi connectivity index (χ0) is 10.9. The predicted molar refractivity (Wildman–Crippen MR) is 63.9 cm³/mol. The molecule has 0 aromatic heterocycles. The lowest BCUT2D eigenvalue weighted by Crippen LogP contribution is -2.16. The van der Waals surface area contributed by atoms with Crippen LogP contribution in [0, 0.1) is 0 Å². The van der Waals surface area contributed by atoms with Gasteiger partial charge in [0.1, 0.15) is 6.10 Å². The first-order valence-corrected chi connectivity index (χ1v) is 8.19. The largest absolute Gasteiger partial charge is 0.423 e. The fraction of sp³-hybridized carbons (Fsp3) is 1.00. The van der Waals surface area contributed by atoms with Gasteiger partial charge < -0.3 is 13.9 Å². The molecule has 1 heterocycles. The lowest BCUT2D eigenvalue weighted by atomic mass is 10.4. The van der Waals surface area contributed by atoms with Crippen LogP contribution in [-0.2, 0) is 13.9 Å². The molecule has 0 amide bonds. The molecule has 0 aromatic rings. The molecular formula is C11H24O3Si. The second-order valence-corrected chi connectivity index (χ2v) is 7.04. The first kappa shape index (κ1) is 13.2. The highest BCUT2D eigenvalue weighted by Crippen LogP contribution is 2.11. The SMILES string of the molecule is CCCC[SiH](CCCOCC1CO1)OC. The van der Waals surface area contributed by atoms with Gasteiger partial charge in [-0.05, 0) is 18.5 Å². The van der Waals surface area contributed by atoms with Crippen LogP contribution in [0.25, 0.3) is 0 Å². The molecule has 0 aliphatic carbocycles. The fourth-order valence-corrected chi connectivity index (χ4v) is 3.85. The fourth-order valence-electron chi connectivity index (χ4n) is 1.60. The molecule has 90 valence electrons. The monoisotopic (exact) mass is 232 g/mol. The molecule has 0 radical (unpaired) electrons. The van der Waals surface area contributed by atoms with Gasteiger partial charge in [0.15, 0.2) is 9.04 Å². The topological polar surface area (TPSA) is 31.0 Å². The minimum absolute atomic E-state index is 0.403. The van der Waals surface area contributed by atoms with Crippen LogP contribution in [0.1, 0.15) is 26.2 Å². The van der Waals surface area contributed by atoms with Crippen molar-refractivity contribution >= 4 is 9.04 Å². The lowest BCUT2D eigenvalue weighted by Gasteiger charge is -2.12. The maximum absolute atomic E-state index is 5.55. The summed E-state index contributed by atoms with van der Waals surface area (Å²) in [6.07, 6.45) is 4.16. The van der Waals surface area contributed by atoms with Crippen LogP contribution in [0.15, 0.2) is 0 Å². The first-order chi connectivity index (χ1) is 7.36. The minimum atomic E-state index is -0.893. The summed E-state index contributed by atoms with van der Waals surface area (Å²) in [5.74, 6) is 0. The summed E-state index contributed by atoms with van der Waals surface area (Å²) in [6, 6.07) is 2.57. The van der Waals surface area contributed by atoms with Gasteiger partial charge in [-0.15, -0.1) is 0 Å². The molecule has 0 spiro atoms. The Bertz CT molecular complexity index is 151. The Morgan fingerprint density at radius 2 is 2.07 bits per heavy atom. The molecule has 0 aromatic carbocycles. The summed E-state index contributed by atoms with van der Waals surface area (Å²) in [6.45, 7) is 4.79. The van der Waals surface area contributed by atoms with Crippen molar-refractivity contribution < 1.29 is 13.9 Å². The number of rotatable bonds is 10. The van der Waals surface area contributed by atoms with E-state index in [4.69, 9.17) is 13.9 Å². The van der Waals surface area contributed by atoms with E-state index in [0.717, 1.165) is 26.2 Å². The van der Waals surface area contributed by atoms with Crippen molar-refractivity contribution in [3.63, 3.8) is 0 Å². The van der Waals surface area contributed by atoms with Crippen molar-refractivity contribution in [2.45, 2.75) is 44.4 Å².